The van der Waals surface area contributed by atoms with E-state index in [1.807, 2.05) is 37.3 Å². The van der Waals surface area contributed by atoms with E-state index in [4.69, 9.17) is 4.42 Å². The molecule has 1 amide bonds. The molecule has 3 aromatic rings. The first-order valence-corrected chi connectivity index (χ1v) is 8.49. The normalized spacial score (nSPS) is 16.4. The minimum Gasteiger partial charge on any atom is -0.422 e. The number of hydrogen-bond acceptors (Lipinski definition) is 3. The predicted octanol–water partition coefficient (Wildman–Crippen LogP) is 4.15. The van der Waals surface area contributed by atoms with Crippen LogP contribution in [0.5, 0.6) is 0 Å². The Morgan fingerprint density at radius 1 is 1.21 bits per heavy atom. The quantitative estimate of drug-likeness (QED) is 0.593. The molecule has 1 aromatic heterocycles. The molecule has 0 spiro atoms. The highest BCUT2D eigenvalue weighted by molar-refractivity contribution is 9.10. The van der Waals surface area contributed by atoms with E-state index in [0.29, 0.717) is 11.0 Å². The lowest BCUT2D eigenvalue weighted by molar-refractivity contribution is 0.0978. The summed E-state index contributed by atoms with van der Waals surface area (Å²) in [5.74, 6) is -0.317. The van der Waals surface area contributed by atoms with Gasteiger partial charge in [-0.25, -0.2) is 4.79 Å². The Hall–Kier alpha value is -2.40. The number of carbonyl (C=O) groups excluding carboxylic acids is 1. The topological polar surface area (TPSA) is 50.5 Å². The largest absolute Gasteiger partial charge is 0.422 e. The van der Waals surface area contributed by atoms with Crippen LogP contribution < -0.4 is 10.5 Å². The first kappa shape index (κ1) is 15.1. The van der Waals surface area contributed by atoms with Crippen molar-refractivity contribution in [3.8, 4) is 0 Å². The van der Waals surface area contributed by atoms with E-state index < -0.39 is 5.63 Å². The fourth-order valence-electron chi connectivity index (χ4n) is 3.25. The average Bonchev–Trinajstić information content (AvgIpc) is 2.89. The summed E-state index contributed by atoms with van der Waals surface area (Å²) in [4.78, 5) is 27.0. The SMILES string of the molecule is CC1Cc2ccccc2N1C(=O)c1cc2cc(Br)ccc2oc1=O. The van der Waals surface area contributed by atoms with Crippen LogP contribution in [-0.2, 0) is 6.42 Å². The predicted molar refractivity (Wildman–Crippen MR) is 96.6 cm³/mol. The van der Waals surface area contributed by atoms with Gasteiger partial charge in [0.15, 0.2) is 0 Å². The van der Waals surface area contributed by atoms with Crippen LogP contribution in [0.25, 0.3) is 11.0 Å². The summed E-state index contributed by atoms with van der Waals surface area (Å²) >= 11 is 3.39. The summed E-state index contributed by atoms with van der Waals surface area (Å²) in [7, 11) is 0. The van der Waals surface area contributed by atoms with Gasteiger partial charge in [0.25, 0.3) is 5.91 Å². The summed E-state index contributed by atoms with van der Waals surface area (Å²) in [5, 5.41) is 0.715. The molecule has 24 heavy (non-hydrogen) atoms. The molecule has 1 unspecified atom stereocenters. The average molecular weight is 384 g/mol. The van der Waals surface area contributed by atoms with E-state index >= 15 is 0 Å². The second-order valence-corrected chi connectivity index (χ2v) is 6.90. The van der Waals surface area contributed by atoms with Crippen molar-refractivity contribution in [2.75, 3.05) is 4.90 Å². The molecule has 0 radical (unpaired) electrons. The molecule has 1 aliphatic rings. The number of carbonyl (C=O) groups is 1. The minimum absolute atomic E-state index is 0.00695. The Morgan fingerprint density at radius 2 is 2.00 bits per heavy atom. The molecule has 2 heterocycles. The first-order chi connectivity index (χ1) is 11.5. The Kier molecular flexibility index (Phi) is 3.53. The van der Waals surface area contributed by atoms with Crippen molar-refractivity contribution >= 4 is 38.5 Å². The molecular formula is C19H14BrNO3. The summed E-state index contributed by atoms with van der Waals surface area (Å²) in [6.45, 7) is 1.98. The number of rotatable bonds is 1. The van der Waals surface area contributed by atoms with E-state index in [1.54, 1.807) is 23.1 Å². The third kappa shape index (κ3) is 2.36. The number of amides is 1. The van der Waals surface area contributed by atoms with E-state index in [0.717, 1.165) is 22.1 Å². The van der Waals surface area contributed by atoms with E-state index in [9.17, 15) is 9.59 Å². The maximum atomic E-state index is 13.0. The van der Waals surface area contributed by atoms with Crippen LogP contribution in [0.4, 0.5) is 5.69 Å². The second-order valence-electron chi connectivity index (χ2n) is 5.99. The molecule has 5 heteroatoms. The van der Waals surface area contributed by atoms with Crippen molar-refractivity contribution in [3.63, 3.8) is 0 Å². The lowest BCUT2D eigenvalue weighted by atomic mass is 10.1. The highest BCUT2D eigenvalue weighted by atomic mass is 79.9. The summed E-state index contributed by atoms with van der Waals surface area (Å²) in [6.07, 6.45) is 0.784. The number of nitrogens with zero attached hydrogens (tertiary/aromatic N) is 1. The highest BCUT2D eigenvalue weighted by Gasteiger charge is 2.32. The van der Waals surface area contributed by atoms with Crippen molar-refractivity contribution in [2.45, 2.75) is 19.4 Å². The van der Waals surface area contributed by atoms with Crippen molar-refractivity contribution in [2.24, 2.45) is 0 Å². The van der Waals surface area contributed by atoms with Crippen molar-refractivity contribution in [1.82, 2.24) is 0 Å². The molecule has 120 valence electrons. The van der Waals surface area contributed by atoms with Crippen LogP contribution in [0, 0.1) is 0 Å². The zero-order chi connectivity index (χ0) is 16.8. The second kappa shape index (κ2) is 5.60. The monoisotopic (exact) mass is 383 g/mol. The Bertz CT molecular complexity index is 1020. The van der Waals surface area contributed by atoms with Crippen LogP contribution in [0.1, 0.15) is 22.8 Å². The Morgan fingerprint density at radius 3 is 2.83 bits per heavy atom. The number of para-hydroxylation sites is 1. The van der Waals surface area contributed by atoms with Crippen molar-refractivity contribution in [3.05, 3.63) is 74.6 Å². The third-order valence-corrected chi connectivity index (χ3v) is 4.84. The number of anilines is 1. The maximum absolute atomic E-state index is 13.0. The molecule has 2 aromatic carbocycles. The van der Waals surface area contributed by atoms with Crippen LogP contribution >= 0.6 is 15.9 Å². The summed E-state index contributed by atoms with van der Waals surface area (Å²) < 4.78 is 6.19. The molecule has 1 atom stereocenters. The number of fused-ring (bicyclic) bond motifs is 2. The van der Waals surface area contributed by atoms with Gasteiger partial charge >= 0.3 is 5.63 Å². The first-order valence-electron chi connectivity index (χ1n) is 7.69. The van der Waals surface area contributed by atoms with Gasteiger partial charge < -0.3 is 9.32 Å². The standard InChI is InChI=1S/C19H14BrNO3/c1-11-8-12-4-2-3-5-16(12)21(11)18(22)15-10-13-9-14(20)6-7-17(13)24-19(15)23/h2-7,9-11H,8H2,1H3. The summed E-state index contributed by atoms with van der Waals surface area (Å²) in [6, 6.07) is 14.7. The Labute approximate surface area is 146 Å². The molecule has 0 bridgehead atoms. The van der Waals surface area contributed by atoms with Gasteiger partial charge in [-0.1, -0.05) is 34.1 Å². The van der Waals surface area contributed by atoms with Gasteiger partial charge in [-0.3, -0.25) is 4.79 Å². The van der Waals surface area contributed by atoms with Crippen LogP contribution in [0.2, 0.25) is 0 Å². The van der Waals surface area contributed by atoms with Gasteiger partial charge in [0, 0.05) is 21.6 Å². The fourth-order valence-corrected chi connectivity index (χ4v) is 3.63. The Balaban J connectivity index is 1.84. The molecule has 0 fully saturated rings. The number of benzene rings is 2. The molecule has 4 nitrogen and oxygen atoms in total. The molecule has 0 saturated carbocycles. The van der Waals surface area contributed by atoms with Gasteiger partial charge in [-0.15, -0.1) is 0 Å². The molecular weight excluding hydrogens is 370 g/mol. The summed E-state index contributed by atoms with van der Waals surface area (Å²) in [5.41, 5.74) is 1.90. The van der Waals surface area contributed by atoms with Gasteiger partial charge in [0.05, 0.1) is 0 Å². The van der Waals surface area contributed by atoms with Crippen molar-refractivity contribution < 1.29 is 9.21 Å². The third-order valence-electron chi connectivity index (χ3n) is 4.35. The molecule has 4 rings (SSSR count). The lowest BCUT2D eigenvalue weighted by Gasteiger charge is -2.22. The van der Waals surface area contributed by atoms with E-state index in [1.165, 1.54) is 0 Å². The minimum atomic E-state index is -0.605. The van der Waals surface area contributed by atoms with Crippen LogP contribution in [-0.4, -0.2) is 11.9 Å². The zero-order valence-electron chi connectivity index (χ0n) is 13.0. The zero-order valence-corrected chi connectivity index (χ0v) is 14.5. The molecule has 0 saturated heterocycles. The molecule has 0 aliphatic carbocycles. The number of halogens is 1. The molecule has 1 aliphatic heterocycles. The van der Waals surface area contributed by atoms with E-state index in [-0.39, 0.29) is 17.5 Å². The fraction of sp³-hybridized carbons (Fsp3) is 0.158. The number of hydrogen-bond donors (Lipinski definition) is 0. The van der Waals surface area contributed by atoms with Gasteiger partial charge in [-0.2, -0.15) is 0 Å². The maximum Gasteiger partial charge on any atom is 0.349 e. The van der Waals surface area contributed by atoms with Crippen molar-refractivity contribution in [1.29, 1.82) is 0 Å². The van der Waals surface area contributed by atoms with Gasteiger partial charge in [-0.05, 0) is 49.2 Å². The van der Waals surface area contributed by atoms with Gasteiger partial charge in [0.1, 0.15) is 11.1 Å². The van der Waals surface area contributed by atoms with Gasteiger partial charge in [0.2, 0.25) is 0 Å². The van der Waals surface area contributed by atoms with Crippen LogP contribution in [0.3, 0.4) is 0 Å². The molecule has 0 N–H and O–H groups in total. The van der Waals surface area contributed by atoms with E-state index in [2.05, 4.69) is 15.9 Å². The van der Waals surface area contributed by atoms with Crippen LogP contribution in [0.15, 0.2) is 62.2 Å². The lowest BCUT2D eigenvalue weighted by Crippen LogP contribution is -2.38. The highest BCUT2D eigenvalue weighted by Crippen LogP contribution is 2.33. The smallest absolute Gasteiger partial charge is 0.349 e.